The third-order valence-electron chi connectivity index (χ3n) is 3.50. The summed E-state index contributed by atoms with van der Waals surface area (Å²) >= 11 is 0. The maximum Gasteiger partial charge on any atom is 0.180 e. The SMILES string of the molecule is CCC(=O)c1ccc(N(C)C2CCOCC2)cn1. The molecule has 0 radical (unpaired) electrons. The van der Waals surface area contributed by atoms with Gasteiger partial charge in [-0.25, -0.2) is 0 Å². The first-order valence-electron chi connectivity index (χ1n) is 6.52. The van der Waals surface area contributed by atoms with Gasteiger partial charge in [-0.05, 0) is 25.0 Å². The van der Waals surface area contributed by atoms with Crippen LogP contribution in [0, 0.1) is 0 Å². The molecule has 98 valence electrons. The van der Waals surface area contributed by atoms with Crippen LogP contribution >= 0.6 is 0 Å². The molecule has 0 aromatic carbocycles. The second-order valence-electron chi connectivity index (χ2n) is 4.63. The molecule has 0 atom stereocenters. The van der Waals surface area contributed by atoms with Gasteiger partial charge in [0, 0.05) is 32.7 Å². The number of carbonyl (C=O) groups is 1. The normalized spacial score (nSPS) is 16.6. The Morgan fingerprint density at radius 1 is 1.44 bits per heavy atom. The molecule has 1 aliphatic rings. The Morgan fingerprint density at radius 2 is 2.17 bits per heavy atom. The highest BCUT2D eigenvalue weighted by Gasteiger charge is 2.19. The molecule has 4 heteroatoms. The number of nitrogens with zero attached hydrogens (tertiary/aromatic N) is 2. The van der Waals surface area contributed by atoms with Gasteiger partial charge in [0.05, 0.1) is 11.9 Å². The van der Waals surface area contributed by atoms with Gasteiger partial charge >= 0.3 is 0 Å². The van der Waals surface area contributed by atoms with Crippen LogP contribution in [0.3, 0.4) is 0 Å². The van der Waals surface area contributed by atoms with E-state index in [0.29, 0.717) is 18.2 Å². The van der Waals surface area contributed by atoms with Crippen molar-refractivity contribution in [3.05, 3.63) is 24.0 Å². The molecule has 18 heavy (non-hydrogen) atoms. The van der Waals surface area contributed by atoms with Gasteiger partial charge in [0.15, 0.2) is 5.78 Å². The minimum absolute atomic E-state index is 0.0928. The third-order valence-corrected chi connectivity index (χ3v) is 3.50. The second-order valence-corrected chi connectivity index (χ2v) is 4.63. The number of ether oxygens (including phenoxy) is 1. The molecule has 0 saturated carbocycles. The van der Waals surface area contributed by atoms with Crippen LogP contribution in [0.4, 0.5) is 5.69 Å². The molecule has 1 aromatic heterocycles. The van der Waals surface area contributed by atoms with Crippen molar-refractivity contribution in [2.75, 3.05) is 25.2 Å². The topological polar surface area (TPSA) is 42.4 Å². The standard InChI is InChI=1S/C14H20N2O2/c1-3-14(17)13-5-4-12(10-15-13)16(2)11-6-8-18-9-7-11/h4-5,10-11H,3,6-9H2,1-2H3. The first-order valence-corrected chi connectivity index (χ1v) is 6.52. The van der Waals surface area contributed by atoms with E-state index in [1.165, 1.54) is 0 Å². The molecule has 1 aliphatic heterocycles. The monoisotopic (exact) mass is 248 g/mol. The number of ketones is 1. The summed E-state index contributed by atoms with van der Waals surface area (Å²) in [6, 6.07) is 4.30. The molecule has 0 spiro atoms. The molecule has 4 nitrogen and oxygen atoms in total. The van der Waals surface area contributed by atoms with Crippen molar-refractivity contribution in [1.82, 2.24) is 4.98 Å². The number of hydrogen-bond acceptors (Lipinski definition) is 4. The molecule has 2 rings (SSSR count). The lowest BCUT2D eigenvalue weighted by molar-refractivity contribution is 0.0855. The molecule has 0 N–H and O–H groups in total. The predicted octanol–water partition coefficient (Wildman–Crippen LogP) is 2.29. The summed E-state index contributed by atoms with van der Waals surface area (Å²) in [6.45, 7) is 3.51. The van der Waals surface area contributed by atoms with E-state index in [4.69, 9.17) is 4.74 Å². The fraction of sp³-hybridized carbons (Fsp3) is 0.571. The summed E-state index contributed by atoms with van der Waals surface area (Å²) in [6.07, 6.45) is 4.39. The van der Waals surface area contributed by atoms with E-state index >= 15 is 0 Å². The van der Waals surface area contributed by atoms with Gasteiger partial charge in [-0.3, -0.25) is 9.78 Å². The molecule has 1 fully saturated rings. The van der Waals surface area contributed by atoms with Crippen molar-refractivity contribution in [2.24, 2.45) is 0 Å². The van der Waals surface area contributed by atoms with Gasteiger partial charge in [0.25, 0.3) is 0 Å². The maximum atomic E-state index is 11.5. The van der Waals surface area contributed by atoms with Crippen molar-refractivity contribution in [3.8, 4) is 0 Å². The first kappa shape index (κ1) is 13.0. The number of anilines is 1. The van der Waals surface area contributed by atoms with Crippen molar-refractivity contribution in [1.29, 1.82) is 0 Å². The van der Waals surface area contributed by atoms with Gasteiger partial charge in [0.2, 0.25) is 0 Å². The molecule has 2 heterocycles. The van der Waals surface area contributed by atoms with E-state index in [0.717, 1.165) is 31.7 Å². The van der Waals surface area contributed by atoms with Crippen LogP contribution in [0.15, 0.2) is 18.3 Å². The van der Waals surface area contributed by atoms with Gasteiger partial charge in [-0.15, -0.1) is 0 Å². The zero-order valence-corrected chi connectivity index (χ0v) is 11.1. The minimum Gasteiger partial charge on any atom is -0.381 e. The highest BCUT2D eigenvalue weighted by atomic mass is 16.5. The number of rotatable bonds is 4. The largest absolute Gasteiger partial charge is 0.381 e. The van der Waals surface area contributed by atoms with Crippen LogP contribution < -0.4 is 4.90 Å². The minimum atomic E-state index is 0.0928. The van der Waals surface area contributed by atoms with E-state index in [9.17, 15) is 4.79 Å². The number of pyridine rings is 1. The van der Waals surface area contributed by atoms with Crippen LogP contribution in [0.2, 0.25) is 0 Å². The fourth-order valence-corrected chi connectivity index (χ4v) is 2.22. The van der Waals surface area contributed by atoms with Crippen molar-refractivity contribution >= 4 is 11.5 Å². The molecule has 0 amide bonds. The number of Topliss-reactive ketones (excluding diaryl/α,β-unsaturated/α-hetero) is 1. The van der Waals surface area contributed by atoms with Crippen LogP contribution in [0.1, 0.15) is 36.7 Å². The van der Waals surface area contributed by atoms with Crippen molar-refractivity contribution < 1.29 is 9.53 Å². The quantitative estimate of drug-likeness (QED) is 0.767. The third kappa shape index (κ3) is 2.88. The van der Waals surface area contributed by atoms with E-state index in [1.807, 2.05) is 19.1 Å². The lowest BCUT2D eigenvalue weighted by Gasteiger charge is -2.32. The lowest BCUT2D eigenvalue weighted by Crippen LogP contribution is -2.36. The Morgan fingerprint density at radius 3 is 2.72 bits per heavy atom. The molecular formula is C14H20N2O2. The van der Waals surface area contributed by atoms with E-state index < -0.39 is 0 Å². The van der Waals surface area contributed by atoms with E-state index in [-0.39, 0.29) is 5.78 Å². The molecule has 1 saturated heterocycles. The zero-order valence-electron chi connectivity index (χ0n) is 11.1. The number of carbonyl (C=O) groups excluding carboxylic acids is 1. The Bertz CT molecular complexity index is 397. The van der Waals surface area contributed by atoms with E-state index in [2.05, 4.69) is 16.9 Å². The van der Waals surface area contributed by atoms with Crippen LogP contribution in [0.5, 0.6) is 0 Å². The average Bonchev–Trinajstić information content (AvgIpc) is 2.47. The van der Waals surface area contributed by atoms with Crippen LogP contribution in [-0.4, -0.2) is 37.1 Å². The summed E-state index contributed by atoms with van der Waals surface area (Å²) in [7, 11) is 2.08. The molecule has 0 bridgehead atoms. The van der Waals surface area contributed by atoms with Gasteiger partial charge in [-0.1, -0.05) is 6.92 Å². The summed E-state index contributed by atoms with van der Waals surface area (Å²) in [5.41, 5.74) is 1.62. The summed E-state index contributed by atoms with van der Waals surface area (Å²) in [5, 5.41) is 0. The summed E-state index contributed by atoms with van der Waals surface area (Å²) in [4.78, 5) is 18.0. The van der Waals surface area contributed by atoms with Gasteiger partial charge in [-0.2, -0.15) is 0 Å². The predicted molar refractivity (Wildman–Crippen MR) is 71.1 cm³/mol. The Hall–Kier alpha value is -1.42. The Labute approximate surface area is 108 Å². The Balaban J connectivity index is 2.06. The lowest BCUT2D eigenvalue weighted by atomic mass is 10.1. The van der Waals surface area contributed by atoms with Crippen LogP contribution in [0.25, 0.3) is 0 Å². The highest BCUT2D eigenvalue weighted by Crippen LogP contribution is 2.20. The average molecular weight is 248 g/mol. The second kappa shape index (κ2) is 5.96. The zero-order chi connectivity index (χ0) is 13.0. The van der Waals surface area contributed by atoms with E-state index in [1.54, 1.807) is 6.20 Å². The molecular weight excluding hydrogens is 228 g/mol. The van der Waals surface area contributed by atoms with Gasteiger partial charge in [0.1, 0.15) is 5.69 Å². The van der Waals surface area contributed by atoms with Crippen molar-refractivity contribution in [3.63, 3.8) is 0 Å². The molecule has 0 aliphatic carbocycles. The Kier molecular flexibility index (Phi) is 4.31. The fourth-order valence-electron chi connectivity index (χ4n) is 2.22. The number of hydrogen-bond donors (Lipinski definition) is 0. The summed E-state index contributed by atoms with van der Waals surface area (Å²) in [5.74, 6) is 0.0928. The van der Waals surface area contributed by atoms with Crippen molar-refractivity contribution in [2.45, 2.75) is 32.2 Å². The molecule has 0 unspecified atom stereocenters. The summed E-state index contributed by atoms with van der Waals surface area (Å²) < 4.78 is 5.36. The number of aromatic nitrogens is 1. The van der Waals surface area contributed by atoms with Gasteiger partial charge < -0.3 is 9.64 Å². The first-order chi connectivity index (χ1) is 8.72. The molecule has 1 aromatic rings. The van der Waals surface area contributed by atoms with Crippen LogP contribution in [-0.2, 0) is 4.74 Å². The maximum absolute atomic E-state index is 11.5. The highest BCUT2D eigenvalue weighted by molar-refractivity contribution is 5.94. The smallest absolute Gasteiger partial charge is 0.180 e.